The normalized spacial score (nSPS) is 14.9. The number of sulfonamides is 1. The summed E-state index contributed by atoms with van der Waals surface area (Å²) >= 11 is 6.04. The molecule has 7 nitrogen and oxygen atoms in total. The first-order chi connectivity index (χ1) is 14.4. The van der Waals surface area contributed by atoms with Crippen LogP contribution < -0.4 is 19.5 Å². The zero-order valence-electron chi connectivity index (χ0n) is 16.7. The minimum absolute atomic E-state index is 0.00479. The Hall–Kier alpha value is -2.29. The van der Waals surface area contributed by atoms with Gasteiger partial charge < -0.3 is 14.8 Å². The number of hydrogen-bond acceptors (Lipinski definition) is 5. The number of benzene rings is 2. The predicted octanol–water partition coefficient (Wildman–Crippen LogP) is 3.98. The van der Waals surface area contributed by atoms with Crippen LogP contribution in [-0.2, 0) is 14.8 Å². The lowest BCUT2D eigenvalue weighted by molar-refractivity contribution is -0.118. The Balaban J connectivity index is 1.52. The summed E-state index contributed by atoms with van der Waals surface area (Å²) in [5.41, 5.74) is 0.518. The summed E-state index contributed by atoms with van der Waals surface area (Å²) in [7, 11) is -2.06. The molecule has 0 spiro atoms. The molecule has 30 heavy (non-hydrogen) atoms. The molecule has 1 fully saturated rings. The van der Waals surface area contributed by atoms with Gasteiger partial charge in [-0.15, -0.1) is 0 Å². The van der Waals surface area contributed by atoms with Gasteiger partial charge in [0, 0.05) is 11.7 Å². The van der Waals surface area contributed by atoms with E-state index in [9.17, 15) is 13.2 Å². The van der Waals surface area contributed by atoms with Crippen molar-refractivity contribution in [3.63, 3.8) is 0 Å². The van der Waals surface area contributed by atoms with Crippen molar-refractivity contribution in [3.05, 3.63) is 47.5 Å². The highest BCUT2D eigenvalue weighted by atomic mass is 35.5. The van der Waals surface area contributed by atoms with E-state index >= 15 is 0 Å². The molecule has 0 aliphatic heterocycles. The van der Waals surface area contributed by atoms with Gasteiger partial charge in [-0.1, -0.05) is 30.9 Å². The summed E-state index contributed by atoms with van der Waals surface area (Å²) < 4.78 is 38.3. The van der Waals surface area contributed by atoms with Crippen LogP contribution in [0.4, 0.5) is 5.69 Å². The smallest absolute Gasteiger partial charge is 0.262 e. The van der Waals surface area contributed by atoms with E-state index < -0.39 is 10.0 Å². The number of methoxy groups -OCH3 is 1. The van der Waals surface area contributed by atoms with Gasteiger partial charge in [-0.25, -0.2) is 13.1 Å². The monoisotopic (exact) mass is 452 g/mol. The maximum Gasteiger partial charge on any atom is 0.262 e. The van der Waals surface area contributed by atoms with Gasteiger partial charge in [-0.05, 0) is 55.3 Å². The number of ether oxygens (including phenoxy) is 2. The van der Waals surface area contributed by atoms with E-state index in [0.29, 0.717) is 22.2 Å². The molecule has 0 aromatic heterocycles. The van der Waals surface area contributed by atoms with Crippen molar-refractivity contribution < 1.29 is 22.7 Å². The number of amides is 1. The first-order valence-corrected chi connectivity index (χ1v) is 11.6. The first-order valence-electron chi connectivity index (χ1n) is 9.76. The van der Waals surface area contributed by atoms with Crippen molar-refractivity contribution >= 4 is 33.2 Å². The van der Waals surface area contributed by atoms with Gasteiger partial charge in [0.1, 0.15) is 11.5 Å². The molecule has 1 saturated carbocycles. The maximum absolute atomic E-state index is 12.5. The first kappa shape index (κ1) is 22.4. The third kappa shape index (κ3) is 6.10. The van der Waals surface area contributed by atoms with Crippen LogP contribution in [0.5, 0.6) is 11.5 Å². The van der Waals surface area contributed by atoms with Crippen LogP contribution >= 0.6 is 11.6 Å². The van der Waals surface area contributed by atoms with E-state index in [4.69, 9.17) is 21.1 Å². The molecule has 0 heterocycles. The highest BCUT2D eigenvalue weighted by molar-refractivity contribution is 7.89. The number of carbonyl (C=O) groups is 1. The van der Waals surface area contributed by atoms with Gasteiger partial charge in [0.25, 0.3) is 5.91 Å². The Labute approximate surface area is 181 Å². The van der Waals surface area contributed by atoms with Gasteiger partial charge >= 0.3 is 0 Å². The summed E-state index contributed by atoms with van der Waals surface area (Å²) in [5.74, 6) is 0.542. The molecule has 2 aromatic rings. The molecule has 1 aliphatic carbocycles. The van der Waals surface area contributed by atoms with Crippen molar-refractivity contribution in [3.8, 4) is 11.5 Å². The van der Waals surface area contributed by atoms with Crippen LogP contribution in [0.15, 0.2) is 47.4 Å². The fourth-order valence-corrected chi connectivity index (χ4v) is 4.88. The van der Waals surface area contributed by atoms with Crippen molar-refractivity contribution in [2.45, 2.75) is 43.0 Å². The second kappa shape index (κ2) is 10.1. The molecule has 0 atom stereocenters. The average molecular weight is 453 g/mol. The molecule has 0 saturated heterocycles. The highest BCUT2D eigenvalue weighted by Gasteiger charge is 2.21. The minimum Gasteiger partial charge on any atom is -0.495 e. The SMILES string of the molecule is COc1ccc(NC(=O)COc2ccc(S(=O)(=O)NC3CCCCC3)cc2)cc1Cl. The fourth-order valence-electron chi connectivity index (χ4n) is 3.31. The minimum atomic E-state index is -3.57. The maximum atomic E-state index is 12.5. The van der Waals surface area contributed by atoms with E-state index in [2.05, 4.69) is 10.0 Å². The molecular weight excluding hydrogens is 428 g/mol. The third-order valence-corrected chi connectivity index (χ3v) is 6.70. The van der Waals surface area contributed by atoms with Crippen LogP contribution in [0.1, 0.15) is 32.1 Å². The standard InChI is InChI=1S/C21H25ClN2O5S/c1-28-20-12-7-16(13-19(20)22)23-21(25)14-29-17-8-10-18(11-9-17)30(26,27)24-15-5-3-2-4-6-15/h7-13,15,24H,2-6,14H2,1H3,(H,23,25). The average Bonchev–Trinajstić information content (AvgIpc) is 2.73. The van der Waals surface area contributed by atoms with Gasteiger partial charge in [-0.3, -0.25) is 4.79 Å². The fraction of sp³-hybridized carbons (Fsp3) is 0.381. The molecule has 0 radical (unpaired) electrons. The third-order valence-electron chi connectivity index (χ3n) is 4.87. The molecule has 162 valence electrons. The topological polar surface area (TPSA) is 93.7 Å². The summed E-state index contributed by atoms with van der Waals surface area (Å²) in [4.78, 5) is 12.3. The molecular formula is C21H25ClN2O5S. The molecule has 0 bridgehead atoms. The molecule has 1 aliphatic rings. The van der Waals surface area contributed by atoms with Crippen molar-refractivity contribution in [2.24, 2.45) is 0 Å². The lowest BCUT2D eigenvalue weighted by Crippen LogP contribution is -2.36. The van der Waals surface area contributed by atoms with Crippen LogP contribution in [0.25, 0.3) is 0 Å². The quantitative estimate of drug-likeness (QED) is 0.631. The molecule has 2 aromatic carbocycles. The van der Waals surface area contributed by atoms with Gasteiger partial charge in [-0.2, -0.15) is 0 Å². The zero-order valence-corrected chi connectivity index (χ0v) is 18.3. The van der Waals surface area contributed by atoms with E-state index in [1.807, 2.05) is 0 Å². The highest BCUT2D eigenvalue weighted by Crippen LogP contribution is 2.27. The van der Waals surface area contributed by atoms with Gasteiger partial charge in [0.05, 0.1) is 17.0 Å². The van der Waals surface area contributed by atoms with Gasteiger partial charge in [0.15, 0.2) is 6.61 Å². The van der Waals surface area contributed by atoms with Crippen molar-refractivity contribution in [1.82, 2.24) is 4.72 Å². The van der Waals surface area contributed by atoms with Crippen LogP contribution in [0.2, 0.25) is 5.02 Å². The number of rotatable bonds is 8. The van der Waals surface area contributed by atoms with E-state index in [-0.39, 0.29) is 23.5 Å². The molecule has 1 amide bonds. The number of hydrogen-bond donors (Lipinski definition) is 2. The summed E-state index contributed by atoms with van der Waals surface area (Å²) in [6, 6.07) is 10.9. The second-order valence-electron chi connectivity index (χ2n) is 7.11. The van der Waals surface area contributed by atoms with E-state index in [0.717, 1.165) is 32.1 Å². The predicted molar refractivity (Wildman–Crippen MR) is 116 cm³/mol. The Morgan fingerprint density at radius 2 is 1.80 bits per heavy atom. The largest absolute Gasteiger partial charge is 0.495 e. The number of halogens is 1. The summed E-state index contributed by atoms with van der Waals surface area (Å²) in [5, 5.41) is 3.06. The van der Waals surface area contributed by atoms with Crippen LogP contribution in [0, 0.1) is 0 Å². The Morgan fingerprint density at radius 3 is 2.43 bits per heavy atom. The number of nitrogens with one attached hydrogen (secondary N) is 2. The van der Waals surface area contributed by atoms with E-state index in [1.54, 1.807) is 18.2 Å². The Kier molecular flexibility index (Phi) is 7.58. The van der Waals surface area contributed by atoms with Gasteiger partial charge in [0.2, 0.25) is 10.0 Å². The summed E-state index contributed by atoms with van der Waals surface area (Å²) in [6.07, 6.45) is 4.99. The Bertz CT molecular complexity index is 973. The second-order valence-corrected chi connectivity index (χ2v) is 9.23. The van der Waals surface area contributed by atoms with Crippen LogP contribution in [-0.4, -0.2) is 34.1 Å². The summed E-state index contributed by atoms with van der Waals surface area (Å²) in [6.45, 7) is -0.226. The molecule has 0 unspecified atom stereocenters. The lowest BCUT2D eigenvalue weighted by atomic mass is 9.96. The molecule has 2 N–H and O–H groups in total. The molecule has 3 rings (SSSR count). The Morgan fingerprint density at radius 1 is 1.10 bits per heavy atom. The van der Waals surface area contributed by atoms with Crippen LogP contribution in [0.3, 0.4) is 0 Å². The zero-order chi connectivity index (χ0) is 21.6. The van der Waals surface area contributed by atoms with Crippen molar-refractivity contribution in [2.75, 3.05) is 19.0 Å². The lowest BCUT2D eigenvalue weighted by Gasteiger charge is -2.22. The van der Waals surface area contributed by atoms with E-state index in [1.165, 1.54) is 31.4 Å². The number of anilines is 1. The van der Waals surface area contributed by atoms with Crippen molar-refractivity contribution in [1.29, 1.82) is 0 Å². The number of carbonyl (C=O) groups excluding carboxylic acids is 1. The molecule has 9 heteroatoms.